The molecule has 0 N–H and O–H groups in total. The van der Waals surface area contributed by atoms with Gasteiger partial charge in [-0.15, -0.1) is 0 Å². The van der Waals surface area contributed by atoms with Crippen LogP contribution < -0.4 is 0 Å². The number of esters is 1. The molecule has 33 heavy (non-hydrogen) atoms. The van der Waals surface area contributed by atoms with Gasteiger partial charge in [0, 0.05) is 0 Å². The second-order valence-corrected chi connectivity index (χ2v) is 8.15. The first-order valence-corrected chi connectivity index (χ1v) is 10.8. The molecule has 1 heterocycles. The Labute approximate surface area is 192 Å². The summed E-state index contributed by atoms with van der Waals surface area (Å²) in [6.07, 6.45) is -0.551. The van der Waals surface area contributed by atoms with Crippen molar-refractivity contribution in [2.75, 3.05) is 6.61 Å². The van der Waals surface area contributed by atoms with Crippen LogP contribution in [0.25, 0.3) is 0 Å². The van der Waals surface area contributed by atoms with Gasteiger partial charge in [0.1, 0.15) is 19.3 Å². The second-order valence-electron chi connectivity index (χ2n) is 8.15. The lowest BCUT2D eigenvalue weighted by molar-refractivity contribution is -0.128. The zero-order valence-corrected chi connectivity index (χ0v) is 18.6. The fourth-order valence-electron chi connectivity index (χ4n) is 3.90. The number of imide groups is 1. The number of benzene rings is 3. The predicted octanol–water partition coefficient (Wildman–Crippen LogP) is 4.92. The van der Waals surface area contributed by atoms with Crippen LogP contribution in [0.2, 0.25) is 0 Å². The molecule has 3 aromatic carbocycles. The summed E-state index contributed by atoms with van der Waals surface area (Å²) >= 11 is 0. The van der Waals surface area contributed by atoms with Crippen molar-refractivity contribution in [3.63, 3.8) is 0 Å². The highest BCUT2D eigenvalue weighted by molar-refractivity contribution is 5.94. The molecule has 2 amide bonds. The van der Waals surface area contributed by atoms with E-state index < -0.39 is 12.1 Å². The van der Waals surface area contributed by atoms with Crippen LogP contribution in [0.15, 0.2) is 72.8 Å². The molecule has 0 aromatic heterocycles. The quantitative estimate of drug-likeness (QED) is 0.506. The van der Waals surface area contributed by atoms with Crippen molar-refractivity contribution in [3.05, 3.63) is 106 Å². The van der Waals surface area contributed by atoms with Crippen molar-refractivity contribution in [1.82, 2.24) is 4.90 Å². The molecule has 1 saturated heterocycles. The fraction of sp³-hybridized carbons (Fsp3) is 0.222. The zero-order chi connectivity index (χ0) is 23.4. The fourth-order valence-corrected chi connectivity index (χ4v) is 3.90. The Bertz CT molecular complexity index is 1170. The van der Waals surface area contributed by atoms with Crippen LogP contribution in [-0.4, -0.2) is 29.5 Å². The first-order valence-electron chi connectivity index (χ1n) is 10.8. The van der Waals surface area contributed by atoms with E-state index in [1.807, 2.05) is 68.4 Å². The Morgan fingerprint density at radius 1 is 0.970 bits per heavy atom. The van der Waals surface area contributed by atoms with Crippen LogP contribution in [0.5, 0.6) is 0 Å². The van der Waals surface area contributed by atoms with Gasteiger partial charge in [-0.3, -0.25) is 4.79 Å². The molecule has 0 unspecified atom stereocenters. The van der Waals surface area contributed by atoms with Gasteiger partial charge < -0.3 is 9.47 Å². The van der Waals surface area contributed by atoms with E-state index in [1.54, 1.807) is 18.2 Å². The monoisotopic (exact) mass is 443 g/mol. The molecule has 0 spiro atoms. The summed E-state index contributed by atoms with van der Waals surface area (Å²) in [5.41, 5.74) is 4.95. The molecular formula is C27H25NO5. The Balaban J connectivity index is 1.36. The van der Waals surface area contributed by atoms with E-state index in [0.717, 1.165) is 27.8 Å². The van der Waals surface area contributed by atoms with Crippen molar-refractivity contribution in [1.29, 1.82) is 0 Å². The van der Waals surface area contributed by atoms with Gasteiger partial charge in [-0.05, 0) is 42.2 Å². The maximum atomic E-state index is 12.9. The zero-order valence-electron chi connectivity index (χ0n) is 18.6. The number of ether oxygens (including phenoxy) is 2. The maximum Gasteiger partial charge on any atom is 0.417 e. The number of rotatable bonds is 6. The number of amides is 2. The highest BCUT2D eigenvalue weighted by Crippen LogP contribution is 2.28. The Hall–Kier alpha value is -3.93. The molecule has 0 saturated carbocycles. The summed E-state index contributed by atoms with van der Waals surface area (Å²) in [6, 6.07) is 21.8. The van der Waals surface area contributed by atoms with E-state index in [9.17, 15) is 14.4 Å². The predicted molar refractivity (Wildman–Crippen MR) is 123 cm³/mol. The van der Waals surface area contributed by atoms with Gasteiger partial charge in [-0.1, -0.05) is 72.3 Å². The van der Waals surface area contributed by atoms with Crippen molar-refractivity contribution in [2.24, 2.45) is 0 Å². The van der Waals surface area contributed by atoms with E-state index >= 15 is 0 Å². The normalized spacial score (nSPS) is 15.3. The van der Waals surface area contributed by atoms with E-state index in [0.29, 0.717) is 5.56 Å². The van der Waals surface area contributed by atoms with Crippen LogP contribution >= 0.6 is 0 Å². The van der Waals surface area contributed by atoms with Gasteiger partial charge in [0.15, 0.2) is 0 Å². The van der Waals surface area contributed by atoms with Crippen molar-refractivity contribution in [3.8, 4) is 0 Å². The molecule has 3 aromatic rings. The number of carbonyl (C=O) groups excluding carboxylic acids is 3. The molecule has 1 aliphatic rings. The van der Waals surface area contributed by atoms with E-state index in [-0.39, 0.29) is 31.5 Å². The number of cyclic esters (lactones) is 1. The number of hydrogen-bond donors (Lipinski definition) is 0. The van der Waals surface area contributed by atoms with Crippen LogP contribution in [0.3, 0.4) is 0 Å². The van der Waals surface area contributed by atoms with Crippen LogP contribution in [0, 0.1) is 13.8 Å². The SMILES string of the molecule is Cc1ccc(C(=O)OCc2ccc(CC(=O)N3C(=O)OC[C@@H]3c3ccccc3)cc2)c(C)c1. The Kier molecular flexibility index (Phi) is 6.54. The average molecular weight is 443 g/mol. The number of aryl methyl sites for hydroxylation is 2. The maximum absolute atomic E-state index is 12.9. The third kappa shape index (κ3) is 5.12. The van der Waals surface area contributed by atoms with Crippen LogP contribution in [0.4, 0.5) is 4.79 Å². The number of nitrogens with zero attached hydrogens (tertiary/aromatic N) is 1. The van der Waals surface area contributed by atoms with Gasteiger partial charge in [0.2, 0.25) is 5.91 Å². The summed E-state index contributed by atoms with van der Waals surface area (Å²) in [4.78, 5) is 38.6. The first-order chi connectivity index (χ1) is 15.9. The minimum absolute atomic E-state index is 0.0705. The van der Waals surface area contributed by atoms with Crippen LogP contribution in [0.1, 0.15) is 44.2 Å². The molecule has 0 bridgehead atoms. The van der Waals surface area contributed by atoms with Gasteiger partial charge >= 0.3 is 12.1 Å². The highest BCUT2D eigenvalue weighted by atomic mass is 16.6. The molecule has 1 aliphatic heterocycles. The lowest BCUT2D eigenvalue weighted by Gasteiger charge is -2.20. The Morgan fingerprint density at radius 3 is 2.36 bits per heavy atom. The molecule has 0 aliphatic carbocycles. The number of carbonyl (C=O) groups is 3. The largest absolute Gasteiger partial charge is 0.457 e. The standard InChI is InChI=1S/C27H25NO5/c1-18-8-13-23(19(2)14-18)26(30)32-16-21-11-9-20(10-12-21)15-25(29)28-24(17-33-27(28)31)22-6-4-3-5-7-22/h3-14,24H,15-17H2,1-2H3/t24-/m1/s1. The molecule has 168 valence electrons. The van der Waals surface area contributed by atoms with Crippen molar-refractivity contribution < 1.29 is 23.9 Å². The summed E-state index contributed by atoms with van der Waals surface area (Å²) < 4.78 is 10.6. The lowest BCUT2D eigenvalue weighted by Crippen LogP contribution is -2.35. The molecule has 6 nitrogen and oxygen atoms in total. The molecule has 1 atom stereocenters. The van der Waals surface area contributed by atoms with Crippen molar-refractivity contribution in [2.45, 2.75) is 32.9 Å². The van der Waals surface area contributed by atoms with E-state index in [1.165, 1.54) is 4.90 Å². The minimum Gasteiger partial charge on any atom is -0.457 e. The van der Waals surface area contributed by atoms with Crippen LogP contribution in [-0.2, 0) is 27.3 Å². The minimum atomic E-state index is -0.621. The third-order valence-corrected chi connectivity index (χ3v) is 5.68. The van der Waals surface area contributed by atoms with E-state index in [4.69, 9.17) is 9.47 Å². The smallest absolute Gasteiger partial charge is 0.417 e. The topological polar surface area (TPSA) is 72.9 Å². The van der Waals surface area contributed by atoms with E-state index in [2.05, 4.69) is 0 Å². The summed E-state index contributed by atoms with van der Waals surface area (Å²) in [5, 5.41) is 0. The van der Waals surface area contributed by atoms with Gasteiger partial charge in [0.05, 0.1) is 12.0 Å². The van der Waals surface area contributed by atoms with Gasteiger partial charge in [-0.25, -0.2) is 14.5 Å². The molecule has 0 radical (unpaired) electrons. The average Bonchev–Trinajstić information content (AvgIpc) is 3.20. The van der Waals surface area contributed by atoms with Gasteiger partial charge in [0.25, 0.3) is 0 Å². The third-order valence-electron chi connectivity index (χ3n) is 5.68. The summed E-state index contributed by atoms with van der Waals surface area (Å²) in [6.45, 7) is 4.14. The summed E-state index contributed by atoms with van der Waals surface area (Å²) in [5.74, 6) is -0.688. The highest BCUT2D eigenvalue weighted by Gasteiger charge is 2.38. The molecular weight excluding hydrogens is 418 g/mol. The number of hydrogen-bond acceptors (Lipinski definition) is 5. The molecule has 4 rings (SSSR count). The lowest BCUT2D eigenvalue weighted by atomic mass is 10.0. The summed E-state index contributed by atoms with van der Waals surface area (Å²) in [7, 11) is 0. The van der Waals surface area contributed by atoms with Gasteiger partial charge in [-0.2, -0.15) is 0 Å². The molecule has 1 fully saturated rings. The molecule has 6 heteroatoms. The second kappa shape index (κ2) is 9.69. The Morgan fingerprint density at radius 2 is 1.67 bits per heavy atom. The first kappa shape index (κ1) is 22.3. The van der Waals surface area contributed by atoms with Crippen molar-refractivity contribution >= 4 is 18.0 Å².